The minimum Gasteiger partial charge on any atom is -0.309 e. The molecule has 6 heteroatoms. The number of benzene rings is 9. The third kappa shape index (κ3) is 5.83. The van der Waals surface area contributed by atoms with E-state index in [2.05, 4.69) is 193 Å². The molecular formula is C57H34N4S2. The zero-order valence-electron chi connectivity index (χ0n) is 33.7. The summed E-state index contributed by atoms with van der Waals surface area (Å²) in [6.45, 7) is 0. The van der Waals surface area contributed by atoms with Crippen LogP contribution in [-0.2, 0) is 0 Å². The SMILES string of the molecule is c1ccc(-c2cccc(-c3cccc4sc5c(-c6nc(-c7ccccc7)nc(-c7cccc8sc9ccccc9c78)n6)cc(-n6c7ccccc7c7ccccc76)cc5c34)c2)cc1. The van der Waals surface area contributed by atoms with Crippen LogP contribution < -0.4 is 0 Å². The Morgan fingerprint density at radius 1 is 0.317 bits per heavy atom. The van der Waals surface area contributed by atoms with Crippen LogP contribution in [0.15, 0.2) is 206 Å². The molecule has 4 aromatic heterocycles. The maximum atomic E-state index is 5.51. The largest absolute Gasteiger partial charge is 0.309 e. The van der Waals surface area contributed by atoms with E-state index in [1.54, 1.807) is 22.7 Å². The van der Waals surface area contributed by atoms with E-state index < -0.39 is 0 Å². The lowest BCUT2D eigenvalue weighted by Gasteiger charge is -2.14. The molecule has 13 rings (SSSR count). The molecule has 0 atom stereocenters. The van der Waals surface area contributed by atoms with Gasteiger partial charge in [0, 0.05) is 73.5 Å². The van der Waals surface area contributed by atoms with Gasteiger partial charge in [0.2, 0.25) is 0 Å². The van der Waals surface area contributed by atoms with Crippen molar-refractivity contribution in [3.8, 4) is 62.1 Å². The maximum Gasteiger partial charge on any atom is 0.165 e. The van der Waals surface area contributed by atoms with Gasteiger partial charge in [-0.1, -0.05) is 158 Å². The van der Waals surface area contributed by atoms with Crippen LogP contribution >= 0.6 is 22.7 Å². The lowest BCUT2D eigenvalue weighted by Crippen LogP contribution is -2.01. The first-order valence-electron chi connectivity index (χ1n) is 21.1. The fourth-order valence-corrected chi connectivity index (χ4v) is 11.8. The van der Waals surface area contributed by atoms with Crippen molar-refractivity contribution in [3.63, 3.8) is 0 Å². The Bertz CT molecular complexity index is 3870. The van der Waals surface area contributed by atoms with Gasteiger partial charge in [-0.05, 0) is 70.8 Å². The summed E-state index contributed by atoms with van der Waals surface area (Å²) in [7, 11) is 0. The summed E-state index contributed by atoms with van der Waals surface area (Å²) >= 11 is 3.61. The van der Waals surface area contributed by atoms with Crippen molar-refractivity contribution < 1.29 is 0 Å². The van der Waals surface area contributed by atoms with Gasteiger partial charge in [0.1, 0.15) is 0 Å². The molecule has 0 radical (unpaired) electrons. The molecule has 0 aliphatic heterocycles. The number of aromatic nitrogens is 4. The van der Waals surface area contributed by atoms with Crippen LogP contribution in [0.2, 0.25) is 0 Å². The summed E-state index contributed by atoms with van der Waals surface area (Å²) in [5, 5.41) is 7.20. The van der Waals surface area contributed by atoms with Gasteiger partial charge in [0.15, 0.2) is 17.5 Å². The second kappa shape index (κ2) is 14.4. The number of fused-ring (bicyclic) bond motifs is 9. The van der Waals surface area contributed by atoms with E-state index in [0.29, 0.717) is 17.5 Å². The fourth-order valence-electron chi connectivity index (χ4n) is 9.44. The van der Waals surface area contributed by atoms with E-state index >= 15 is 0 Å². The Morgan fingerprint density at radius 3 is 1.59 bits per heavy atom. The third-order valence-corrected chi connectivity index (χ3v) is 14.6. The first-order valence-corrected chi connectivity index (χ1v) is 22.7. The zero-order chi connectivity index (χ0) is 41.4. The average Bonchev–Trinajstić information content (AvgIpc) is 4.04. The summed E-state index contributed by atoms with van der Waals surface area (Å²) in [6, 6.07) is 73.8. The van der Waals surface area contributed by atoms with Crippen LogP contribution in [0.4, 0.5) is 0 Å². The Morgan fingerprint density at radius 2 is 0.841 bits per heavy atom. The van der Waals surface area contributed by atoms with Gasteiger partial charge in [-0.2, -0.15) is 0 Å². The molecule has 0 saturated carbocycles. The molecule has 0 aliphatic carbocycles. The molecule has 0 aliphatic rings. The van der Waals surface area contributed by atoms with Gasteiger partial charge in [0.25, 0.3) is 0 Å². The van der Waals surface area contributed by atoms with Gasteiger partial charge >= 0.3 is 0 Å². The molecule has 4 heterocycles. The number of rotatable bonds is 6. The highest BCUT2D eigenvalue weighted by Gasteiger charge is 2.23. The van der Waals surface area contributed by atoms with Crippen LogP contribution in [0.25, 0.3) is 124 Å². The lowest BCUT2D eigenvalue weighted by molar-refractivity contribution is 1.08. The Labute approximate surface area is 370 Å². The zero-order valence-corrected chi connectivity index (χ0v) is 35.4. The van der Waals surface area contributed by atoms with Gasteiger partial charge < -0.3 is 4.57 Å². The Kier molecular flexibility index (Phi) is 8.22. The summed E-state index contributed by atoms with van der Waals surface area (Å²) in [5.41, 5.74) is 11.0. The molecule has 0 bridgehead atoms. The molecule has 0 saturated heterocycles. The van der Waals surface area contributed by atoms with Gasteiger partial charge in [-0.25, -0.2) is 15.0 Å². The van der Waals surface area contributed by atoms with E-state index in [1.165, 1.54) is 68.7 Å². The molecule has 0 amide bonds. The molecule has 0 N–H and O–H groups in total. The minimum absolute atomic E-state index is 0.641. The number of para-hydroxylation sites is 2. The number of hydrogen-bond acceptors (Lipinski definition) is 5. The predicted molar refractivity (Wildman–Crippen MR) is 267 cm³/mol. The van der Waals surface area contributed by atoms with Crippen LogP contribution in [-0.4, -0.2) is 19.5 Å². The first-order chi connectivity index (χ1) is 31.2. The molecule has 0 unspecified atom stereocenters. The van der Waals surface area contributed by atoms with E-state index in [4.69, 9.17) is 15.0 Å². The molecule has 9 aromatic carbocycles. The molecule has 4 nitrogen and oxygen atoms in total. The van der Waals surface area contributed by atoms with Gasteiger partial charge in [-0.3, -0.25) is 0 Å². The van der Waals surface area contributed by atoms with E-state index in [1.807, 2.05) is 18.2 Å². The van der Waals surface area contributed by atoms with Crippen LogP contribution in [0, 0.1) is 0 Å². The highest BCUT2D eigenvalue weighted by Crippen LogP contribution is 2.47. The second-order valence-electron chi connectivity index (χ2n) is 15.9. The molecule has 13 aromatic rings. The predicted octanol–water partition coefficient (Wildman–Crippen LogP) is 16.0. The smallest absolute Gasteiger partial charge is 0.165 e. The fraction of sp³-hybridized carbons (Fsp3) is 0. The number of thiophene rings is 2. The van der Waals surface area contributed by atoms with Crippen molar-refractivity contribution in [2.75, 3.05) is 0 Å². The normalized spacial score (nSPS) is 11.8. The number of nitrogens with zero attached hydrogens (tertiary/aromatic N) is 4. The first kappa shape index (κ1) is 35.9. The average molecular weight is 839 g/mol. The third-order valence-electron chi connectivity index (χ3n) is 12.3. The molecular weight excluding hydrogens is 805 g/mol. The van der Waals surface area contributed by atoms with Crippen molar-refractivity contribution in [1.82, 2.24) is 19.5 Å². The van der Waals surface area contributed by atoms with Crippen molar-refractivity contribution >= 4 is 84.8 Å². The topological polar surface area (TPSA) is 43.6 Å². The van der Waals surface area contributed by atoms with Crippen LogP contribution in [0.3, 0.4) is 0 Å². The lowest BCUT2D eigenvalue weighted by atomic mass is 9.95. The molecule has 0 spiro atoms. The van der Waals surface area contributed by atoms with E-state index in [-0.39, 0.29) is 0 Å². The maximum absolute atomic E-state index is 5.51. The van der Waals surface area contributed by atoms with Crippen molar-refractivity contribution in [2.24, 2.45) is 0 Å². The summed E-state index contributed by atoms with van der Waals surface area (Å²) in [4.78, 5) is 16.2. The van der Waals surface area contributed by atoms with Crippen molar-refractivity contribution in [1.29, 1.82) is 0 Å². The van der Waals surface area contributed by atoms with E-state index in [9.17, 15) is 0 Å². The van der Waals surface area contributed by atoms with Crippen molar-refractivity contribution in [3.05, 3.63) is 206 Å². The quantitative estimate of drug-likeness (QED) is 0.168. The van der Waals surface area contributed by atoms with Gasteiger partial charge in [0.05, 0.1) is 11.0 Å². The molecule has 63 heavy (non-hydrogen) atoms. The Balaban J connectivity index is 1.14. The van der Waals surface area contributed by atoms with Crippen molar-refractivity contribution in [2.45, 2.75) is 0 Å². The number of hydrogen-bond donors (Lipinski definition) is 0. The summed E-state index contributed by atoms with van der Waals surface area (Å²) in [6.07, 6.45) is 0. The second-order valence-corrected chi connectivity index (χ2v) is 18.1. The monoisotopic (exact) mass is 838 g/mol. The standard InChI is InChI=1S/C57H34N4S2/c1-3-16-35(17-4-1)37-20-13-21-38(32-37)40-25-14-31-51-52(40)45-33-39(61-47-27-10-7-22-41(47)42-23-8-11-28-48(42)61)34-46(54(45)63-51)57-59-55(36-18-5-2-6-19-36)58-56(60-57)44-26-15-30-50-53(44)43-24-9-12-29-49(43)62-50/h1-34H. The minimum atomic E-state index is 0.641. The molecule has 294 valence electrons. The van der Waals surface area contributed by atoms with Crippen LogP contribution in [0.1, 0.15) is 0 Å². The highest BCUT2D eigenvalue weighted by molar-refractivity contribution is 7.26. The summed E-state index contributed by atoms with van der Waals surface area (Å²) in [5.74, 6) is 1.94. The highest BCUT2D eigenvalue weighted by atomic mass is 32.1. The van der Waals surface area contributed by atoms with Crippen LogP contribution in [0.5, 0.6) is 0 Å². The summed E-state index contributed by atoms with van der Waals surface area (Å²) < 4.78 is 7.21. The molecule has 0 fully saturated rings. The van der Waals surface area contributed by atoms with E-state index in [0.717, 1.165) is 38.1 Å². The Hall–Kier alpha value is -7.77. The van der Waals surface area contributed by atoms with Gasteiger partial charge in [-0.15, -0.1) is 22.7 Å².